The van der Waals surface area contributed by atoms with Crippen molar-refractivity contribution in [1.29, 1.82) is 0 Å². The van der Waals surface area contributed by atoms with Gasteiger partial charge in [-0.1, -0.05) is 20.3 Å². The Morgan fingerprint density at radius 3 is 2.89 bits per heavy atom. The number of pyridine rings is 1. The van der Waals surface area contributed by atoms with Crippen molar-refractivity contribution in [3.8, 4) is 0 Å². The Morgan fingerprint density at radius 1 is 1.56 bits per heavy atom. The lowest BCUT2D eigenvalue weighted by molar-refractivity contribution is 0.0521. The Kier molecular flexibility index (Phi) is 5.98. The van der Waals surface area contributed by atoms with Gasteiger partial charge in [0.15, 0.2) is 0 Å². The van der Waals surface area contributed by atoms with Crippen LogP contribution in [0.3, 0.4) is 0 Å². The number of aromatic nitrogens is 1. The summed E-state index contributed by atoms with van der Waals surface area (Å²) in [5.74, 6) is 1.16. The normalized spacial score (nSPS) is 12.2. The molecule has 0 fully saturated rings. The van der Waals surface area contributed by atoms with E-state index in [1.807, 2.05) is 0 Å². The van der Waals surface area contributed by atoms with Crippen LogP contribution in [0.5, 0.6) is 0 Å². The summed E-state index contributed by atoms with van der Waals surface area (Å²) >= 11 is 1.58. The van der Waals surface area contributed by atoms with Gasteiger partial charge in [0.1, 0.15) is 5.03 Å². The quantitative estimate of drug-likeness (QED) is 0.634. The van der Waals surface area contributed by atoms with Gasteiger partial charge in [0.25, 0.3) is 0 Å². The first-order valence-corrected chi connectivity index (χ1v) is 7.12. The number of hydrogen-bond acceptors (Lipinski definition) is 5. The Balaban J connectivity index is 2.86. The molecular formula is C13H20N2O2S. The van der Waals surface area contributed by atoms with Gasteiger partial charge in [-0.2, -0.15) is 0 Å². The van der Waals surface area contributed by atoms with E-state index in [2.05, 4.69) is 18.8 Å². The Hall–Kier alpha value is -1.23. The third-order valence-electron chi connectivity index (χ3n) is 2.57. The number of nitrogens with two attached hydrogens (primary N) is 1. The van der Waals surface area contributed by atoms with Crippen LogP contribution in [-0.4, -0.2) is 23.3 Å². The van der Waals surface area contributed by atoms with E-state index in [-0.39, 0.29) is 5.97 Å². The summed E-state index contributed by atoms with van der Waals surface area (Å²) in [5, 5.41) is 0.697. The standard InChI is InChI=1S/C13H20N2O2S/c1-4-9(3)8-18-12-11(13(16)17-5-2)6-10(14)7-15-12/h6-7,9H,4-5,8,14H2,1-3H3. The van der Waals surface area contributed by atoms with E-state index in [4.69, 9.17) is 10.5 Å². The summed E-state index contributed by atoms with van der Waals surface area (Å²) in [4.78, 5) is 16.0. The first-order chi connectivity index (χ1) is 8.58. The number of carbonyl (C=O) groups excluding carboxylic acids is 1. The molecule has 1 aromatic heterocycles. The van der Waals surface area contributed by atoms with Crippen LogP contribution < -0.4 is 5.73 Å². The molecule has 0 aliphatic rings. The Bertz CT molecular complexity index is 410. The minimum Gasteiger partial charge on any atom is -0.462 e. The summed E-state index contributed by atoms with van der Waals surface area (Å²) in [5.41, 5.74) is 6.60. The van der Waals surface area contributed by atoms with Crippen molar-refractivity contribution >= 4 is 23.4 Å². The third-order valence-corrected chi connectivity index (χ3v) is 3.90. The van der Waals surface area contributed by atoms with Crippen LogP contribution in [-0.2, 0) is 4.74 Å². The summed E-state index contributed by atoms with van der Waals surface area (Å²) in [6.45, 7) is 6.45. The maximum atomic E-state index is 11.8. The van der Waals surface area contributed by atoms with E-state index in [0.29, 0.717) is 28.8 Å². The van der Waals surface area contributed by atoms with E-state index >= 15 is 0 Å². The van der Waals surface area contributed by atoms with E-state index < -0.39 is 0 Å². The van der Waals surface area contributed by atoms with Crippen LogP contribution in [0.15, 0.2) is 17.3 Å². The predicted octanol–water partition coefficient (Wildman–Crippen LogP) is 2.98. The molecule has 0 bridgehead atoms. The second-order valence-corrected chi connectivity index (χ2v) is 5.17. The van der Waals surface area contributed by atoms with Crippen molar-refractivity contribution in [2.45, 2.75) is 32.2 Å². The fourth-order valence-electron chi connectivity index (χ4n) is 1.28. The zero-order valence-electron chi connectivity index (χ0n) is 11.1. The van der Waals surface area contributed by atoms with E-state index in [1.165, 1.54) is 0 Å². The molecule has 2 N–H and O–H groups in total. The molecule has 1 unspecified atom stereocenters. The lowest BCUT2D eigenvalue weighted by Crippen LogP contribution is -2.09. The van der Waals surface area contributed by atoms with Gasteiger partial charge in [0, 0.05) is 5.75 Å². The second kappa shape index (κ2) is 7.26. The minimum absolute atomic E-state index is 0.350. The SMILES string of the molecule is CCOC(=O)c1cc(N)cnc1SCC(C)CC. The number of hydrogen-bond donors (Lipinski definition) is 1. The second-order valence-electron chi connectivity index (χ2n) is 4.17. The molecule has 100 valence electrons. The number of nitrogens with zero attached hydrogens (tertiary/aromatic N) is 1. The molecule has 0 spiro atoms. The van der Waals surface area contributed by atoms with Crippen molar-refractivity contribution in [2.24, 2.45) is 5.92 Å². The maximum Gasteiger partial charge on any atom is 0.340 e. The molecule has 1 atom stereocenters. The summed E-state index contributed by atoms with van der Waals surface area (Å²) in [7, 11) is 0. The zero-order chi connectivity index (χ0) is 13.5. The van der Waals surface area contributed by atoms with Crippen molar-refractivity contribution in [1.82, 2.24) is 4.98 Å². The Morgan fingerprint density at radius 2 is 2.28 bits per heavy atom. The molecule has 1 rings (SSSR count). The summed E-state index contributed by atoms with van der Waals surface area (Å²) < 4.78 is 5.01. The highest BCUT2D eigenvalue weighted by atomic mass is 32.2. The van der Waals surface area contributed by atoms with Crippen molar-refractivity contribution in [3.05, 3.63) is 17.8 Å². The fourth-order valence-corrected chi connectivity index (χ4v) is 2.38. The van der Waals surface area contributed by atoms with E-state index in [9.17, 15) is 4.79 Å². The number of ether oxygens (including phenoxy) is 1. The molecule has 4 nitrogen and oxygen atoms in total. The largest absolute Gasteiger partial charge is 0.462 e. The molecule has 1 aromatic rings. The molecule has 18 heavy (non-hydrogen) atoms. The number of carbonyl (C=O) groups is 1. The maximum absolute atomic E-state index is 11.8. The molecule has 0 radical (unpaired) electrons. The lowest BCUT2D eigenvalue weighted by atomic mass is 10.2. The molecule has 0 saturated carbocycles. The van der Waals surface area contributed by atoms with Crippen LogP contribution >= 0.6 is 11.8 Å². The average molecular weight is 268 g/mol. The first-order valence-electron chi connectivity index (χ1n) is 6.13. The van der Waals surface area contributed by atoms with Gasteiger partial charge in [-0.3, -0.25) is 0 Å². The molecule has 0 amide bonds. The van der Waals surface area contributed by atoms with Crippen LogP contribution in [0.2, 0.25) is 0 Å². The van der Waals surface area contributed by atoms with Crippen molar-refractivity contribution < 1.29 is 9.53 Å². The van der Waals surface area contributed by atoms with Gasteiger partial charge in [-0.15, -0.1) is 11.8 Å². The van der Waals surface area contributed by atoms with Crippen LogP contribution in [0.25, 0.3) is 0 Å². The first kappa shape index (κ1) is 14.8. The minimum atomic E-state index is -0.357. The molecule has 0 aliphatic heterocycles. The molecule has 0 aromatic carbocycles. The van der Waals surface area contributed by atoms with Crippen LogP contribution in [0.4, 0.5) is 5.69 Å². The van der Waals surface area contributed by atoms with E-state index in [0.717, 1.165) is 12.2 Å². The summed E-state index contributed by atoms with van der Waals surface area (Å²) in [6.07, 6.45) is 2.68. The molecule has 0 aliphatic carbocycles. The van der Waals surface area contributed by atoms with Gasteiger partial charge in [-0.05, 0) is 18.9 Å². The van der Waals surface area contributed by atoms with Gasteiger partial charge in [-0.25, -0.2) is 9.78 Å². The number of rotatable bonds is 6. The topological polar surface area (TPSA) is 65.2 Å². The monoisotopic (exact) mass is 268 g/mol. The van der Waals surface area contributed by atoms with Gasteiger partial charge in [0.2, 0.25) is 0 Å². The molecule has 0 saturated heterocycles. The highest BCUT2D eigenvalue weighted by Gasteiger charge is 2.15. The van der Waals surface area contributed by atoms with Crippen LogP contribution in [0.1, 0.15) is 37.6 Å². The highest BCUT2D eigenvalue weighted by Crippen LogP contribution is 2.25. The predicted molar refractivity (Wildman–Crippen MR) is 74.8 cm³/mol. The van der Waals surface area contributed by atoms with Crippen molar-refractivity contribution in [2.75, 3.05) is 18.1 Å². The third kappa shape index (κ3) is 4.22. The number of esters is 1. The smallest absolute Gasteiger partial charge is 0.340 e. The van der Waals surface area contributed by atoms with Crippen molar-refractivity contribution in [3.63, 3.8) is 0 Å². The van der Waals surface area contributed by atoms with Gasteiger partial charge in [0.05, 0.1) is 24.1 Å². The highest BCUT2D eigenvalue weighted by molar-refractivity contribution is 7.99. The molecule has 1 heterocycles. The average Bonchev–Trinajstić information content (AvgIpc) is 2.37. The van der Waals surface area contributed by atoms with Gasteiger partial charge < -0.3 is 10.5 Å². The summed E-state index contributed by atoms with van der Waals surface area (Å²) in [6, 6.07) is 1.63. The van der Waals surface area contributed by atoms with Crippen LogP contribution in [0, 0.1) is 5.92 Å². The number of anilines is 1. The zero-order valence-corrected chi connectivity index (χ0v) is 11.9. The fraction of sp³-hybridized carbons (Fsp3) is 0.538. The van der Waals surface area contributed by atoms with E-state index in [1.54, 1.807) is 30.9 Å². The van der Waals surface area contributed by atoms with Gasteiger partial charge >= 0.3 is 5.97 Å². The Labute approximate surface area is 112 Å². The molecule has 5 heteroatoms. The number of thioether (sulfide) groups is 1. The lowest BCUT2D eigenvalue weighted by Gasteiger charge is -2.11. The number of nitrogen functional groups attached to an aromatic ring is 1. The molecular weight excluding hydrogens is 248 g/mol.